The van der Waals surface area contributed by atoms with Gasteiger partial charge in [-0.25, -0.2) is 9.59 Å². The number of carbonyl (C=O) groups is 2. The van der Waals surface area contributed by atoms with E-state index in [1.165, 1.54) is 0 Å². The molecule has 282 valence electrons. The van der Waals surface area contributed by atoms with Crippen molar-refractivity contribution in [1.29, 1.82) is 0 Å². The molecular weight excluding hydrogens is 669 g/mol. The van der Waals surface area contributed by atoms with Gasteiger partial charge in [0.05, 0.1) is 43.7 Å². The van der Waals surface area contributed by atoms with E-state index in [4.69, 9.17) is 32.8 Å². The van der Waals surface area contributed by atoms with Crippen LogP contribution in [0.1, 0.15) is 100 Å². The first-order valence-corrected chi connectivity index (χ1v) is 20.9. The fourth-order valence-electron chi connectivity index (χ4n) is 6.28. The quantitative estimate of drug-likeness (QED) is 0.116. The van der Waals surface area contributed by atoms with Crippen LogP contribution in [-0.2, 0) is 23.4 Å². The summed E-state index contributed by atoms with van der Waals surface area (Å²) in [5.74, 6) is -0.379. The minimum Gasteiger partial charge on any atom is -0.497 e. The molecule has 5 atom stereocenters. The fourth-order valence-corrected chi connectivity index (χ4v) is 7.35. The number of aliphatic hydroxyl groups is 1. The molecule has 2 aromatic carbocycles. The van der Waals surface area contributed by atoms with Crippen molar-refractivity contribution in [2.45, 2.75) is 134 Å². The zero-order chi connectivity index (χ0) is 37.4. The molecule has 1 saturated heterocycles. The third-order valence-electron chi connectivity index (χ3n) is 10.1. The highest BCUT2D eigenvalue weighted by Gasteiger charge is 2.39. The van der Waals surface area contributed by atoms with E-state index in [1.807, 2.05) is 13.8 Å². The highest BCUT2D eigenvalue weighted by atomic mass is 28.4. The summed E-state index contributed by atoms with van der Waals surface area (Å²) in [5, 5.41) is 11.0. The van der Waals surface area contributed by atoms with Gasteiger partial charge in [-0.05, 0) is 93.4 Å². The maximum atomic E-state index is 13.3. The third kappa shape index (κ3) is 12.2. The summed E-state index contributed by atoms with van der Waals surface area (Å²) in [7, 11) is 1.15. The predicted octanol–water partition coefficient (Wildman–Crippen LogP) is 8.03. The SMILES string of the molecule is COc1ccc(C(=O)O[C@H](CCO[Si](C)(C)C(C)(C)C)C[C@H]2C[C@H](CC3=CC[C@H](OC(=O)c4ccc(OC)cc4)C[C@@H](O)C3)OC(C)(C)O2)cc1. The summed E-state index contributed by atoms with van der Waals surface area (Å²) in [6.07, 6.45) is 3.64. The molecule has 0 saturated carbocycles. The van der Waals surface area contributed by atoms with Crippen molar-refractivity contribution in [2.75, 3.05) is 20.8 Å². The fraction of sp³-hybridized carbons (Fsp3) is 0.600. The Morgan fingerprint density at radius 1 is 0.902 bits per heavy atom. The number of carbonyl (C=O) groups excluding carboxylic acids is 2. The Hall–Kier alpha value is -3.22. The molecule has 10 nitrogen and oxygen atoms in total. The lowest BCUT2D eigenvalue weighted by Crippen LogP contribution is -2.46. The van der Waals surface area contributed by atoms with E-state index in [0.29, 0.717) is 74.2 Å². The van der Waals surface area contributed by atoms with Crippen LogP contribution in [0.3, 0.4) is 0 Å². The Balaban J connectivity index is 1.41. The largest absolute Gasteiger partial charge is 0.497 e. The molecule has 1 aliphatic carbocycles. The van der Waals surface area contributed by atoms with Crippen LogP contribution in [0.5, 0.6) is 11.5 Å². The molecule has 0 amide bonds. The molecule has 1 heterocycles. The van der Waals surface area contributed by atoms with Crippen LogP contribution in [0.2, 0.25) is 18.1 Å². The molecule has 1 N–H and O–H groups in total. The van der Waals surface area contributed by atoms with Gasteiger partial charge in [-0.1, -0.05) is 32.4 Å². The second-order valence-corrected chi connectivity index (χ2v) is 20.5. The van der Waals surface area contributed by atoms with Crippen LogP contribution < -0.4 is 9.47 Å². The summed E-state index contributed by atoms with van der Waals surface area (Å²) in [6, 6.07) is 13.7. The Labute approximate surface area is 304 Å². The molecule has 51 heavy (non-hydrogen) atoms. The van der Waals surface area contributed by atoms with E-state index in [2.05, 4.69) is 39.9 Å². The number of methoxy groups -OCH3 is 2. The van der Waals surface area contributed by atoms with Crippen LogP contribution in [0, 0.1) is 0 Å². The van der Waals surface area contributed by atoms with Gasteiger partial charge in [-0.15, -0.1) is 0 Å². The second-order valence-electron chi connectivity index (χ2n) is 15.7. The summed E-state index contributed by atoms with van der Waals surface area (Å²) >= 11 is 0. The molecule has 11 heteroatoms. The Morgan fingerprint density at radius 2 is 1.47 bits per heavy atom. The van der Waals surface area contributed by atoms with Crippen molar-refractivity contribution in [3.63, 3.8) is 0 Å². The third-order valence-corrected chi connectivity index (χ3v) is 14.6. The molecule has 2 aromatic rings. The standard InChI is InChI=1S/C40H58O10Si/c1-39(2,3)51(8,9)46-21-20-34(48-38(43)29-13-18-32(45-7)19-14-29)25-36-26-35(49-40(4,5)50-36)23-27-10-15-33(24-30(41)22-27)47-37(42)28-11-16-31(44-6)17-12-28/h10-14,16-19,30,33-36,41H,15,20-26H2,1-9H3/t30-,33-,34+,35-,36-/m0/s1. The number of ether oxygens (including phenoxy) is 6. The Bertz CT molecular complexity index is 1460. The molecule has 0 unspecified atom stereocenters. The van der Waals surface area contributed by atoms with Gasteiger partial charge in [0.25, 0.3) is 0 Å². The van der Waals surface area contributed by atoms with Gasteiger partial charge in [0.1, 0.15) is 23.7 Å². The molecule has 1 fully saturated rings. The summed E-state index contributed by atoms with van der Waals surface area (Å²) < 4.78 is 41.6. The lowest BCUT2D eigenvalue weighted by molar-refractivity contribution is -0.302. The number of hydrogen-bond donors (Lipinski definition) is 1. The zero-order valence-corrected chi connectivity index (χ0v) is 32.9. The van der Waals surface area contributed by atoms with Crippen LogP contribution in [-0.4, -0.2) is 82.5 Å². The Kier molecular flexibility index (Phi) is 13.9. The number of rotatable bonds is 14. The molecule has 0 bridgehead atoms. The predicted molar refractivity (Wildman–Crippen MR) is 198 cm³/mol. The van der Waals surface area contributed by atoms with Crippen molar-refractivity contribution in [3.05, 3.63) is 71.3 Å². The van der Waals surface area contributed by atoms with E-state index in [-0.39, 0.29) is 17.2 Å². The lowest BCUT2D eigenvalue weighted by atomic mass is 9.94. The smallest absolute Gasteiger partial charge is 0.338 e. The summed E-state index contributed by atoms with van der Waals surface area (Å²) in [6.45, 7) is 15.3. The highest BCUT2D eigenvalue weighted by molar-refractivity contribution is 6.74. The van der Waals surface area contributed by atoms with E-state index in [0.717, 1.165) is 5.57 Å². The van der Waals surface area contributed by atoms with Gasteiger partial charge in [-0.2, -0.15) is 0 Å². The molecule has 4 rings (SSSR count). The van der Waals surface area contributed by atoms with E-state index >= 15 is 0 Å². The van der Waals surface area contributed by atoms with Crippen molar-refractivity contribution in [3.8, 4) is 11.5 Å². The van der Waals surface area contributed by atoms with E-state index < -0.39 is 44.4 Å². The van der Waals surface area contributed by atoms with Gasteiger partial charge in [-0.3, -0.25) is 0 Å². The number of aliphatic hydroxyl groups excluding tert-OH is 1. The number of hydrogen-bond acceptors (Lipinski definition) is 10. The van der Waals surface area contributed by atoms with Crippen molar-refractivity contribution >= 4 is 20.3 Å². The van der Waals surface area contributed by atoms with Gasteiger partial charge in [0.15, 0.2) is 14.1 Å². The molecular formula is C40H58O10Si. The lowest BCUT2D eigenvalue weighted by Gasteiger charge is -2.42. The Morgan fingerprint density at radius 3 is 2.04 bits per heavy atom. The zero-order valence-electron chi connectivity index (χ0n) is 31.9. The minimum absolute atomic E-state index is 0.0573. The second kappa shape index (κ2) is 17.5. The molecule has 0 spiro atoms. The topological polar surface area (TPSA) is 119 Å². The van der Waals surface area contributed by atoms with E-state index in [9.17, 15) is 14.7 Å². The highest BCUT2D eigenvalue weighted by Crippen LogP contribution is 2.38. The average molecular weight is 727 g/mol. The van der Waals surface area contributed by atoms with Gasteiger partial charge in [0.2, 0.25) is 0 Å². The van der Waals surface area contributed by atoms with Gasteiger partial charge in [0, 0.05) is 38.7 Å². The molecule has 2 aliphatic rings. The maximum Gasteiger partial charge on any atom is 0.338 e. The minimum atomic E-state index is -2.01. The number of esters is 2. The molecule has 1 aliphatic heterocycles. The summed E-state index contributed by atoms with van der Waals surface area (Å²) in [4.78, 5) is 26.1. The van der Waals surface area contributed by atoms with Crippen LogP contribution in [0.25, 0.3) is 0 Å². The monoisotopic (exact) mass is 726 g/mol. The normalized spacial score (nSPS) is 23.0. The average Bonchev–Trinajstić information content (AvgIpc) is 3.22. The summed E-state index contributed by atoms with van der Waals surface area (Å²) in [5.41, 5.74) is 1.93. The molecule has 0 aromatic heterocycles. The first-order chi connectivity index (χ1) is 24.0. The first-order valence-electron chi connectivity index (χ1n) is 18.0. The first kappa shape index (κ1) is 40.5. The van der Waals surface area contributed by atoms with Crippen molar-refractivity contribution < 1.29 is 47.5 Å². The number of benzene rings is 2. The van der Waals surface area contributed by atoms with Crippen LogP contribution >= 0.6 is 0 Å². The van der Waals surface area contributed by atoms with Crippen LogP contribution in [0.15, 0.2) is 60.2 Å². The van der Waals surface area contributed by atoms with E-state index in [1.54, 1.807) is 62.8 Å². The van der Waals surface area contributed by atoms with Crippen molar-refractivity contribution in [1.82, 2.24) is 0 Å². The maximum absolute atomic E-state index is 13.3. The van der Waals surface area contributed by atoms with Crippen molar-refractivity contribution in [2.24, 2.45) is 0 Å². The molecule has 0 radical (unpaired) electrons. The van der Waals surface area contributed by atoms with Crippen LogP contribution in [0.4, 0.5) is 0 Å². The van der Waals surface area contributed by atoms with Gasteiger partial charge < -0.3 is 38.0 Å². The van der Waals surface area contributed by atoms with Gasteiger partial charge >= 0.3 is 11.9 Å².